The molecule has 0 aliphatic rings. The summed E-state index contributed by atoms with van der Waals surface area (Å²) in [5.74, 6) is -0.400. The topological polar surface area (TPSA) is 79.0 Å². The molecule has 0 aromatic heterocycles. The van der Waals surface area contributed by atoms with Crippen LogP contribution < -0.4 is 10.1 Å². The van der Waals surface area contributed by atoms with Crippen LogP contribution in [0.1, 0.15) is 10.4 Å². The molecule has 0 saturated carbocycles. The van der Waals surface area contributed by atoms with E-state index in [0.29, 0.717) is 6.54 Å². The molecule has 0 aliphatic heterocycles. The standard InChI is InChI=1S/C14H22ClN3O4S.ClH/c1-16-6-7-18(4)23(20,21)12-9-10(15)8-11(13(12)22-5)14(19)17(2)3;/h8-9,16H,6-7H2,1-5H3;1H. The maximum Gasteiger partial charge on any atom is 0.257 e. The van der Waals surface area contributed by atoms with Gasteiger partial charge in [-0.05, 0) is 19.2 Å². The minimum Gasteiger partial charge on any atom is -0.494 e. The van der Waals surface area contributed by atoms with E-state index in [4.69, 9.17) is 16.3 Å². The Balaban J connectivity index is 0.00000529. The van der Waals surface area contributed by atoms with Crippen LogP contribution in [0.2, 0.25) is 5.02 Å². The van der Waals surface area contributed by atoms with Gasteiger partial charge in [0.25, 0.3) is 5.91 Å². The first-order valence-corrected chi connectivity index (χ1v) is 8.68. The highest BCUT2D eigenvalue weighted by atomic mass is 35.5. The molecule has 0 radical (unpaired) electrons. The van der Waals surface area contributed by atoms with Crippen molar-refractivity contribution in [2.24, 2.45) is 0 Å². The molecular formula is C14H23Cl2N3O4S. The Morgan fingerprint density at radius 1 is 1.29 bits per heavy atom. The quantitative estimate of drug-likeness (QED) is 0.747. The Bertz CT molecular complexity index is 681. The number of halogens is 2. The number of amides is 1. The van der Waals surface area contributed by atoms with E-state index in [-0.39, 0.29) is 40.2 Å². The fraction of sp³-hybridized carbons (Fsp3) is 0.500. The summed E-state index contributed by atoms with van der Waals surface area (Å²) in [4.78, 5) is 13.5. The molecule has 138 valence electrons. The summed E-state index contributed by atoms with van der Waals surface area (Å²) in [7, 11) is 3.80. The molecule has 0 bridgehead atoms. The molecule has 1 amide bonds. The third kappa shape index (κ3) is 4.97. The molecule has 1 aromatic carbocycles. The predicted molar refractivity (Wildman–Crippen MR) is 97.0 cm³/mol. The first-order chi connectivity index (χ1) is 10.7. The number of ether oxygens (including phenoxy) is 1. The maximum absolute atomic E-state index is 12.7. The van der Waals surface area contributed by atoms with E-state index in [0.717, 1.165) is 0 Å². The van der Waals surface area contributed by atoms with Crippen molar-refractivity contribution in [2.45, 2.75) is 4.90 Å². The number of hydrogen-bond acceptors (Lipinski definition) is 5. The normalized spacial score (nSPS) is 11.1. The van der Waals surface area contributed by atoms with Gasteiger partial charge in [0.05, 0.1) is 12.7 Å². The summed E-state index contributed by atoms with van der Waals surface area (Å²) in [5, 5.41) is 3.03. The predicted octanol–water partition coefficient (Wildman–Crippen LogP) is 1.31. The Morgan fingerprint density at radius 2 is 1.88 bits per heavy atom. The third-order valence-corrected chi connectivity index (χ3v) is 5.31. The van der Waals surface area contributed by atoms with Crippen LogP contribution in [0.25, 0.3) is 0 Å². The Hall–Kier alpha value is -1.06. The number of hydrogen-bond donors (Lipinski definition) is 1. The minimum atomic E-state index is -3.85. The lowest BCUT2D eigenvalue weighted by Gasteiger charge is -2.21. The van der Waals surface area contributed by atoms with Crippen LogP contribution in [0.4, 0.5) is 0 Å². The van der Waals surface area contributed by atoms with E-state index < -0.39 is 15.9 Å². The number of benzene rings is 1. The number of likely N-dealkylation sites (N-methyl/N-ethyl adjacent to an activating group) is 2. The summed E-state index contributed by atoms with van der Waals surface area (Å²) in [6.45, 7) is 0.757. The van der Waals surface area contributed by atoms with Gasteiger partial charge in [-0.25, -0.2) is 8.42 Å². The lowest BCUT2D eigenvalue weighted by molar-refractivity contribution is 0.0823. The van der Waals surface area contributed by atoms with E-state index in [1.54, 1.807) is 21.1 Å². The van der Waals surface area contributed by atoms with E-state index in [1.165, 1.54) is 35.5 Å². The lowest BCUT2D eigenvalue weighted by Crippen LogP contribution is -2.33. The molecule has 1 N–H and O–H groups in total. The monoisotopic (exact) mass is 399 g/mol. The zero-order valence-corrected chi connectivity index (χ0v) is 16.7. The van der Waals surface area contributed by atoms with Crippen LogP contribution in [0.5, 0.6) is 5.75 Å². The van der Waals surface area contributed by atoms with Gasteiger partial charge < -0.3 is 15.0 Å². The fourth-order valence-electron chi connectivity index (χ4n) is 1.93. The summed E-state index contributed by atoms with van der Waals surface area (Å²) < 4.78 is 31.9. The van der Waals surface area contributed by atoms with Gasteiger partial charge in [-0.1, -0.05) is 11.6 Å². The summed E-state index contributed by atoms with van der Waals surface area (Å²) in [6, 6.07) is 2.69. The third-order valence-electron chi connectivity index (χ3n) is 3.23. The summed E-state index contributed by atoms with van der Waals surface area (Å²) >= 11 is 6.02. The van der Waals surface area contributed by atoms with Crippen molar-refractivity contribution in [3.05, 3.63) is 22.7 Å². The molecule has 0 fully saturated rings. The van der Waals surface area contributed by atoms with Crippen LogP contribution in [0.15, 0.2) is 17.0 Å². The summed E-state index contributed by atoms with van der Waals surface area (Å²) in [6.07, 6.45) is 0. The van der Waals surface area contributed by atoms with E-state index in [9.17, 15) is 13.2 Å². The van der Waals surface area contributed by atoms with Gasteiger partial charge in [0.2, 0.25) is 10.0 Å². The SMILES string of the molecule is CNCCN(C)S(=O)(=O)c1cc(Cl)cc(C(=O)N(C)C)c1OC.Cl. The van der Waals surface area contributed by atoms with Crippen molar-refractivity contribution in [3.63, 3.8) is 0 Å². The fourth-order valence-corrected chi connectivity index (χ4v) is 3.58. The smallest absolute Gasteiger partial charge is 0.257 e. The molecule has 1 rings (SSSR count). The average Bonchev–Trinajstić information content (AvgIpc) is 2.50. The zero-order chi connectivity index (χ0) is 17.8. The molecule has 0 unspecified atom stereocenters. The van der Waals surface area contributed by atoms with E-state index in [1.807, 2.05) is 0 Å². The van der Waals surface area contributed by atoms with Crippen molar-refractivity contribution >= 4 is 39.9 Å². The second kappa shape index (κ2) is 9.43. The van der Waals surface area contributed by atoms with Crippen molar-refractivity contribution in [1.29, 1.82) is 0 Å². The first-order valence-electron chi connectivity index (χ1n) is 6.87. The van der Waals surface area contributed by atoms with Gasteiger partial charge >= 0.3 is 0 Å². The van der Waals surface area contributed by atoms with Crippen molar-refractivity contribution in [2.75, 3.05) is 48.4 Å². The van der Waals surface area contributed by atoms with Crippen molar-refractivity contribution < 1.29 is 17.9 Å². The van der Waals surface area contributed by atoms with Gasteiger partial charge in [-0.2, -0.15) is 4.31 Å². The molecule has 7 nitrogen and oxygen atoms in total. The zero-order valence-electron chi connectivity index (χ0n) is 14.3. The molecule has 10 heteroatoms. The van der Waals surface area contributed by atoms with Crippen LogP contribution >= 0.6 is 24.0 Å². The Kier molecular flexibility index (Phi) is 9.01. The van der Waals surface area contributed by atoms with Gasteiger partial charge in [-0.15, -0.1) is 12.4 Å². The lowest BCUT2D eigenvalue weighted by atomic mass is 10.2. The van der Waals surface area contributed by atoms with Gasteiger partial charge in [-0.3, -0.25) is 4.79 Å². The van der Waals surface area contributed by atoms with Crippen LogP contribution in [0.3, 0.4) is 0 Å². The molecule has 0 heterocycles. The van der Waals surface area contributed by atoms with E-state index in [2.05, 4.69) is 5.32 Å². The highest BCUT2D eigenvalue weighted by molar-refractivity contribution is 7.89. The van der Waals surface area contributed by atoms with Crippen LogP contribution in [0, 0.1) is 0 Å². The summed E-state index contributed by atoms with van der Waals surface area (Å²) in [5.41, 5.74) is 0.102. The molecular weight excluding hydrogens is 377 g/mol. The molecule has 1 aromatic rings. The van der Waals surface area contributed by atoms with Crippen molar-refractivity contribution in [3.8, 4) is 5.75 Å². The number of carbonyl (C=O) groups is 1. The van der Waals surface area contributed by atoms with Crippen LogP contribution in [-0.4, -0.2) is 71.9 Å². The minimum absolute atomic E-state index is 0. The maximum atomic E-state index is 12.7. The number of carbonyl (C=O) groups excluding carboxylic acids is 1. The number of rotatable bonds is 7. The van der Waals surface area contributed by atoms with Crippen molar-refractivity contribution in [1.82, 2.24) is 14.5 Å². The molecule has 0 atom stereocenters. The Morgan fingerprint density at radius 3 is 2.33 bits per heavy atom. The molecule has 0 spiro atoms. The number of sulfonamides is 1. The Labute approximate surface area is 154 Å². The van der Waals surface area contributed by atoms with E-state index >= 15 is 0 Å². The number of nitrogens with one attached hydrogen (secondary N) is 1. The molecule has 0 saturated heterocycles. The average molecular weight is 400 g/mol. The first kappa shape index (κ1) is 22.9. The highest BCUT2D eigenvalue weighted by Crippen LogP contribution is 2.33. The largest absolute Gasteiger partial charge is 0.494 e. The molecule has 24 heavy (non-hydrogen) atoms. The highest BCUT2D eigenvalue weighted by Gasteiger charge is 2.29. The number of methoxy groups -OCH3 is 1. The van der Waals surface area contributed by atoms with Crippen LogP contribution in [-0.2, 0) is 10.0 Å². The van der Waals surface area contributed by atoms with Gasteiger partial charge in [0, 0.05) is 39.3 Å². The van der Waals surface area contributed by atoms with Gasteiger partial charge in [0.15, 0.2) is 5.75 Å². The molecule has 0 aliphatic carbocycles. The number of nitrogens with zero attached hydrogens (tertiary/aromatic N) is 2. The second-order valence-corrected chi connectivity index (χ2v) is 7.56. The van der Waals surface area contributed by atoms with Gasteiger partial charge in [0.1, 0.15) is 4.90 Å². The second-order valence-electron chi connectivity index (χ2n) is 5.11.